The van der Waals surface area contributed by atoms with Crippen LogP contribution in [0.4, 0.5) is 11.4 Å². The van der Waals surface area contributed by atoms with Crippen molar-refractivity contribution in [1.82, 2.24) is 4.57 Å². The zero-order valence-electron chi connectivity index (χ0n) is 12.8. The summed E-state index contributed by atoms with van der Waals surface area (Å²) in [5.74, 6) is 0.0283. The zero-order chi connectivity index (χ0) is 15.7. The molecule has 2 amide bonds. The largest absolute Gasteiger partial charge is 0.347 e. The molecule has 1 aliphatic rings. The van der Waals surface area contributed by atoms with Gasteiger partial charge in [-0.25, -0.2) is 0 Å². The monoisotopic (exact) mass is 297 g/mol. The predicted molar refractivity (Wildman–Crippen MR) is 86.1 cm³/mol. The fourth-order valence-electron chi connectivity index (χ4n) is 2.83. The van der Waals surface area contributed by atoms with Crippen molar-refractivity contribution in [3.63, 3.8) is 0 Å². The Morgan fingerprint density at radius 1 is 1.27 bits per heavy atom. The van der Waals surface area contributed by atoms with Crippen molar-refractivity contribution in [3.05, 3.63) is 47.8 Å². The quantitative estimate of drug-likeness (QED) is 0.947. The molecule has 22 heavy (non-hydrogen) atoms. The van der Waals surface area contributed by atoms with Crippen LogP contribution in [0.5, 0.6) is 0 Å². The molecule has 2 aromatic rings. The molecule has 0 saturated carbocycles. The lowest BCUT2D eigenvalue weighted by molar-refractivity contribution is -0.117. The fraction of sp³-hybridized carbons (Fsp3) is 0.294. The van der Waals surface area contributed by atoms with Crippen LogP contribution in [-0.2, 0) is 11.8 Å². The number of hydrogen-bond acceptors (Lipinski definition) is 2. The molecular weight excluding hydrogens is 278 g/mol. The van der Waals surface area contributed by atoms with Gasteiger partial charge < -0.3 is 14.8 Å². The van der Waals surface area contributed by atoms with E-state index in [4.69, 9.17) is 0 Å². The summed E-state index contributed by atoms with van der Waals surface area (Å²) < 4.78 is 1.78. The van der Waals surface area contributed by atoms with Gasteiger partial charge in [-0.15, -0.1) is 0 Å². The lowest BCUT2D eigenvalue weighted by Crippen LogP contribution is -2.24. The first-order valence-electron chi connectivity index (χ1n) is 7.40. The molecule has 0 spiro atoms. The van der Waals surface area contributed by atoms with Gasteiger partial charge in [0.25, 0.3) is 5.91 Å². The smallest absolute Gasteiger partial charge is 0.272 e. The molecule has 0 radical (unpaired) electrons. The van der Waals surface area contributed by atoms with E-state index in [2.05, 4.69) is 5.32 Å². The third kappa shape index (κ3) is 2.62. The number of carbonyl (C=O) groups excluding carboxylic acids is 2. The summed E-state index contributed by atoms with van der Waals surface area (Å²) in [5.41, 5.74) is 3.26. The van der Waals surface area contributed by atoms with Crippen molar-refractivity contribution >= 4 is 23.2 Å². The van der Waals surface area contributed by atoms with Crippen LogP contribution >= 0.6 is 0 Å². The average Bonchev–Trinajstić information content (AvgIpc) is 3.08. The Labute approximate surface area is 129 Å². The van der Waals surface area contributed by atoms with Crippen LogP contribution in [-0.4, -0.2) is 22.9 Å². The number of nitrogens with one attached hydrogen (secondary N) is 1. The van der Waals surface area contributed by atoms with Gasteiger partial charge in [0.05, 0.1) is 0 Å². The second-order valence-electron chi connectivity index (χ2n) is 5.61. The second-order valence-corrected chi connectivity index (χ2v) is 5.61. The molecule has 1 aromatic carbocycles. The Morgan fingerprint density at radius 3 is 2.68 bits per heavy atom. The van der Waals surface area contributed by atoms with Gasteiger partial charge in [-0.1, -0.05) is 0 Å². The number of aromatic nitrogens is 1. The third-order valence-electron chi connectivity index (χ3n) is 4.00. The molecule has 1 fully saturated rings. The van der Waals surface area contributed by atoms with Crippen LogP contribution in [0.25, 0.3) is 0 Å². The van der Waals surface area contributed by atoms with Crippen LogP contribution in [0.3, 0.4) is 0 Å². The average molecular weight is 297 g/mol. The van der Waals surface area contributed by atoms with Gasteiger partial charge in [0.1, 0.15) is 5.69 Å². The van der Waals surface area contributed by atoms with E-state index >= 15 is 0 Å². The summed E-state index contributed by atoms with van der Waals surface area (Å²) >= 11 is 0. The first-order valence-corrected chi connectivity index (χ1v) is 7.40. The predicted octanol–water partition coefficient (Wildman–Crippen LogP) is 2.71. The molecule has 1 N–H and O–H groups in total. The maximum atomic E-state index is 12.2. The molecule has 0 aliphatic carbocycles. The summed E-state index contributed by atoms with van der Waals surface area (Å²) in [6.07, 6.45) is 3.36. The number of benzene rings is 1. The summed E-state index contributed by atoms with van der Waals surface area (Å²) in [7, 11) is 1.84. The maximum absolute atomic E-state index is 12.2. The molecular formula is C17H19N3O2. The molecule has 0 atom stereocenters. The van der Waals surface area contributed by atoms with E-state index in [0.29, 0.717) is 12.1 Å². The Hall–Kier alpha value is -2.56. The van der Waals surface area contributed by atoms with Gasteiger partial charge in [-0.2, -0.15) is 0 Å². The third-order valence-corrected chi connectivity index (χ3v) is 4.00. The highest BCUT2D eigenvalue weighted by atomic mass is 16.2. The van der Waals surface area contributed by atoms with Crippen molar-refractivity contribution in [1.29, 1.82) is 0 Å². The summed E-state index contributed by atoms with van der Waals surface area (Å²) in [5, 5.41) is 2.89. The Balaban J connectivity index is 1.79. The topological polar surface area (TPSA) is 54.3 Å². The van der Waals surface area contributed by atoms with Gasteiger partial charge in [0, 0.05) is 37.6 Å². The van der Waals surface area contributed by atoms with Crippen molar-refractivity contribution in [3.8, 4) is 0 Å². The molecule has 3 rings (SSSR count). The Morgan fingerprint density at radius 2 is 2.09 bits per heavy atom. The standard InChI is InChI=1S/C17H19N3O2/c1-12-11-13(18-17(22)15-5-3-9-19(15)2)7-8-14(12)20-10-4-6-16(20)21/h3,5,7-9,11H,4,6,10H2,1-2H3,(H,18,22). The Bertz CT molecular complexity index is 733. The number of hydrogen-bond donors (Lipinski definition) is 1. The van der Waals surface area contributed by atoms with Gasteiger partial charge in [0.2, 0.25) is 5.91 Å². The number of rotatable bonds is 3. The molecule has 1 aromatic heterocycles. The number of amides is 2. The normalized spacial score (nSPS) is 14.5. The summed E-state index contributed by atoms with van der Waals surface area (Å²) in [6, 6.07) is 9.26. The molecule has 2 heterocycles. The van der Waals surface area contributed by atoms with Gasteiger partial charge in [-0.3, -0.25) is 9.59 Å². The minimum atomic E-state index is -0.142. The molecule has 1 aliphatic heterocycles. The van der Waals surface area contributed by atoms with E-state index in [1.165, 1.54) is 0 Å². The molecule has 0 unspecified atom stereocenters. The van der Waals surface area contributed by atoms with Crippen LogP contribution < -0.4 is 10.2 Å². The molecule has 0 bridgehead atoms. The summed E-state index contributed by atoms with van der Waals surface area (Å²) in [6.45, 7) is 2.73. The minimum absolute atomic E-state index is 0.142. The number of carbonyl (C=O) groups is 2. The van der Waals surface area contributed by atoms with Crippen molar-refractivity contribution in [2.24, 2.45) is 7.05 Å². The minimum Gasteiger partial charge on any atom is -0.347 e. The van der Waals surface area contributed by atoms with Crippen LogP contribution in [0.1, 0.15) is 28.9 Å². The van der Waals surface area contributed by atoms with Gasteiger partial charge in [-0.05, 0) is 49.2 Å². The zero-order valence-corrected chi connectivity index (χ0v) is 12.8. The second kappa shape index (κ2) is 5.67. The number of nitrogens with zero attached hydrogens (tertiary/aromatic N) is 2. The van der Waals surface area contributed by atoms with Crippen molar-refractivity contribution in [2.45, 2.75) is 19.8 Å². The van der Waals surface area contributed by atoms with E-state index < -0.39 is 0 Å². The first-order chi connectivity index (χ1) is 10.6. The highest BCUT2D eigenvalue weighted by Gasteiger charge is 2.23. The fourth-order valence-corrected chi connectivity index (χ4v) is 2.83. The lowest BCUT2D eigenvalue weighted by Gasteiger charge is -2.19. The van der Waals surface area contributed by atoms with Gasteiger partial charge >= 0.3 is 0 Å². The first kappa shape index (κ1) is 14.4. The van der Waals surface area contributed by atoms with Crippen molar-refractivity contribution < 1.29 is 9.59 Å². The molecule has 114 valence electrons. The van der Waals surface area contributed by atoms with Gasteiger partial charge in [0.15, 0.2) is 0 Å². The molecule has 5 nitrogen and oxygen atoms in total. The molecule has 5 heteroatoms. The highest BCUT2D eigenvalue weighted by molar-refractivity contribution is 6.03. The Kier molecular flexibility index (Phi) is 3.71. The van der Waals surface area contributed by atoms with E-state index in [1.807, 2.05) is 49.3 Å². The van der Waals surface area contributed by atoms with Crippen LogP contribution in [0.15, 0.2) is 36.5 Å². The lowest BCUT2D eigenvalue weighted by atomic mass is 10.1. The number of aryl methyl sites for hydroxylation is 2. The highest BCUT2D eigenvalue weighted by Crippen LogP contribution is 2.27. The van der Waals surface area contributed by atoms with Crippen LogP contribution in [0, 0.1) is 6.92 Å². The SMILES string of the molecule is Cc1cc(NC(=O)c2cccn2C)ccc1N1CCCC1=O. The molecule has 1 saturated heterocycles. The van der Waals surface area contributed by atoms with E-state index in [-0.39, 0.29) is 11.8 Å². The van der Waals surface area contributed by atoms with E-state index in [0.717, 1.165) is 29.9 Å². The van der Waals surface area contributed by atoms with Crippen LogP contribution in [0.2, 0.25) is 0 Å². The number of anilines is 2. The maximum Gasteiger partial charge on any atom is 0.272 e. The van der Waals surface area contributed by atoms with Crippen molar-refractivity contribution in [2.75, 3.05) is 16.8 Å². The van der Waals surface area contributed by atoms with E-state index in [9.17, 15) is 9.59 Å². The van der Waals surface area contributed by atoms with E-state index in [1.54, 1.807) is 10.6 Å². The summed E-state index contributed by atoms with van der Waals surface area (Å²) in [4.78, 5) is 25.9.